The first-order valence-electron chi connectivity index (χ1n) is 22.1. The lowest BCUT2D eigenvalue weighted by Crippen LogP contribution is -2.53. The van der Waals surface area contributed by atoms with E-state index >= 15 is 0 Å². The Morgan fingerprint density at radius 3 is 1.86 bits per heavy atom. The maximum atomic E-state index is 13.8. The summed E-state index contributed by atoms with van der Waals surface area (Å²) < 4.78 is 16.8. The molecule has 0 bridgehead atoms. The topological polar surface area (TPSA) is 161 Å². The fraction of sp³-hybridized carbons (Fsp3) is 0.471. The van der Waals surface area contributed by atoms with Crippen LogP contribution in [0.2, 0.25) is 0 Å². The maximum absolute atomic E-state index is 13.8. The van der Waals surface area contributed by atoms with Crippen molar-refractivity contribution in [3.63, 3.8) is 0 Å². The van der Waals surface area contributed by atoms with Gasteiger partial charge in [-0.25, -0.2) is 14.4 Å². The van der Waals surface area contributed by atoms with Gasteiger partial charge in [-0.15, -0.1) is 0 Å². The molecule has 0 radical (unpaired) electrons. The predicted octanol–water partition coefficient (Wildman–Crippen LogP) is 9.12. The second-order valence-corrected chi connectivity index (χ2v) is 19.4. The first kappa shape index (κ1) is 48.1. The van der Waals surface area contributed by atoms with E-state index in [1.54, 1.807) is 41.5 Å². The molecule has 338 valence electrons. The Bertz CT molecular complexity index is 2190. The normalized spacial score (nSPS) is 14.0. The van der Waals surface area contributed by atoms with E-state index in [4.69, 9.17) is 14.2 Å². The smallest absolute Gasteiger partial charge is 0.407 e. The number of alkyl carbamates (subject to hydrolysis) is 1. The third-order valence-corrected chi connectivity index (χ3v) is 10.8. The summed E-state index contributed by atoms with van der Waals surface area (Å²) in [7, 11) is 0. The minimum Gasteiger partial charge on any atom is -0.460 e. The molecule has 0 fully saturated rings. The van der Waals surface area contributed by atoms with Gasteiger partial charge < -0.3 is 35.5 Å². The highest BCUT2D eigenvalue weighted by molar-refractivity contribution is 5.87. The monoisotopic (exact) mass is 862 g/mol. The Morgan fingerprint density at radius 2 is 1.24 bits per heavy atom. The van der Waals surface area contributed by atoms with Crippen LogP contribution < -0.4 is 21.3 Å². The molecule has 0 aromatic heterocycles. The van der Waals surface area contributed by atoms with Crippen LogP contribution in [-0.4, -0.2) is 72.4 Å². The summed E-state index contributed by atoms with van der Waals surface area (Å²) in [5, 5.41) is 13.8. The number of hydrogen-bond acceptors (Lipinski definition) is 8. The van der Waals surface area contributed by atoms with Crippen molar-refractivity contribution in [1.82, 2.24) is 21.3 Å². The van der Waals surface area contributed by atoms with Crippen LogP contribution in [-0.2, 0) is 35.0 Å². The van der Waals surface area contributed by atoms with Gasteiger partial charge in [0.05, 0.1) is 0 Å². The van der Waals surface area contributed by atoms with E-state index in [1.165, 1.54) is 0 Å². The molecule has 63 heavy (non-hydrogen) atoms. The fourth-order valence-corrected chi connectivity index (χ4v) is 7.76. The number of urea groups is 1. The minimum atomic E-state index is -1.07. The number of unbranched alkanes of at least 4 members (excludes halogenated alkanes) is 1. The van der Waals surface area contributed by atoms with Crippen LogP contribution in [0, 0.1) is 5.41 Å². The molecule has 4 N–H and O–H groups in total. The van der Waals surface area contributed by atoms with Crippen molar-refractivity contribution in [3.8, 4) is 11.1 Å². The Morgan fingerprint density at radius 1 is 0.635 bits per heavy atom. The van der Waals surface area contributed by atoms with E-state index in [-0.39, 0.29) is 49.2 Å². The summed E-state index contributed by atoms with van der Waals surface area (Å²) in [5.41, 5.74) is 3.51. The molecule has 4 aromatic carbocycles. The summed E-state index contributed by atoms with van der Waals surface area (Å²) >= 11 is 0. The van der Waals surface area contributed by atoms with Crippen LogP contribution in [0.25, 0.3) is 21.9 Å². The Labute approximate surface area is 372 Å². The number of esters is 2. The summed E-state index contributed by atoms with van der Waals surface area (Å²) in [4.78, 5) is 66.3. The highest BCUT2D eigenvalue weighted by Gasteiger charge is 2.32. The Hall–Kier alpha value is -5.91. The zero-order valence-electron chi connectivity index (χ0n) is 38.4. The van der Waals surface area contributed by atoms with Gasteiger partial charge in [-0.1, -0.05) is 112 Å². The molecule has 12 nitrogen and oxygen atoms in total. The lowest BCUT2D eigenvalue weighted by molar-refractivity contribution is -0.158. The number of rotatable bonds is 17. The van der Waals surface area contributed by atoms with Crippen LogP contribution in [0.3, 0.4) is 0 Å². The number of nitrogens with one attached hydrogen (secondary N) is 4. The number of fused-ring (bicyclic) bond motifs is 4. The molecule has 5 rings (SSSR count). The molecule has 4 amide bonds. The quantitative estimate of drug-likeness (QED) is 0.0465. The molecule has 0 spiro atoms. The van der Waals surface area contributed by atoms with Gasteiger partial charge in [-0.2, -0.15) is 0 Å². The van der Waals surface area contributed by atoms with Crippen LogP contribution in [0.4, 0.5) is 9.59 Å². The molecule has 1 aliphatic carbocycles. The van der Waals surface area contributed by atoms with Crippen molar-refractivity contribution in [2.24, 2.45) is 5.41 Å². The second kappa shape index (κ2) is 21.0. The molecule has 0 heterocycles. The van der Waals surface area contributed by atoms with E-state index in [0.29, 0.717) is 25.8 Å². The number of ether oxygens (including phenoxy) is 3. The summed E-state index contributed by atoms with van der Waals surface area (Å²) in [6.07, 6.45) is 1.36. The third kappa shape index (κ3) is 14.6. The van der Waals surface area contributed by atoms with Gasteiger partial charge in [-0.3, -0.25) is 9.59 Å². The molecule has 3 atom stereocenters. The molecule has 4 aromatic rings. The first-order valence-corrected chi connectivity index (χ1v) is 22.1. The van der Waals surface area contributed by atoms with Crippen LogP contribution in [0.5, 0.6) is 0 Å². The van der Waals surface area contributed by atoms with Crippen LogP contribution in [0.1, 0.15) is 117 Å². The summed E-state index contributed by atoms with van der Waals surface area (Å²) in [6.45, 7) is 17.0. The van der Waals surface area contributed by atoms with Gasteiger partial charge in [0.1, 0.15) is 29.9 Å². The SMILES string of the molecule is CC(C)(C)OC(=O)CC[C@H](NC(=O)N[C@@H](CCCCNC(=O)[C@H](Cc1ccc2ccccc2c1)NC(=O)OCC1c2ccccc2-c2ccccc21)C(C)(C)C)C(=O)OC(C)(C)C. The van der Waals surface area contributed by atoms with Gasteiger partial charge in [0.15, 0.2) is 0 Å². The highest BCUT2D eigenvalue weighted by Crippen LogP contribution is 2.44. The van der Waals surface area contributed by atoms with E-state index in [0.717, 1.165) is 38.6 Å². The maximum Gasteiger partial charge on any atom is 0.407 e. The van der Waals surface area contributed by atoms with E-state index in [1.807, 2.05) is 87.5 Å². The van der Waals surface area contributed by atoms with Gasteiger partial charge in [0.25, 0.3) is 0 Å². The number of carbonyl (C=O) groups is 5. The lowest BCUT2D eigenvalue weighted by Gasteiger charge is -2.32. The number of benzene rings is 4. The molecular formula is C51H66N4O8. The Balaban J connectivity index is 1.17. The largest absolute Gasteiger partial charge is 0.460 e. The molecule has 0 unspecified atom stereocenters. The lowest BCUT2D eigenvalue weighted by atomic mass is 9.84. The van der Waals surface area contributed by atoms with Gasteiger partial charge >= 0.3 is 24.1 Å². The number of hydrogen-bond donors (Lipinski definition) is 4. The van der Waals surface area contributed by atoms with Crippen molar-refractivity contribution in [1.29, 1.82) is 0 Å². The van der Waals surface area contributed by atoms with Gasteiger partial charge in [0, 0.05) is 31.3 Å². The number of carbonyl (C=O) groups excluding carboxylic acids is 5. The van der Waals surface area contributed by atoms with E-state index in [9.17, 15) is 24.0 Å². The Kier molecular flexibility index (Phi) is 16.0. The fourth-order valence-electron chi connectivity index (χ4n) is 7.76. The van der Waals surface area contributed by atoms with Gasteiger partial charge in [0.2, 0.25) is 5.91 Å². The molecule has 0 aliphatic heterocycles. The summed E-state index contributed by atoms with van der Waals surface area (Å²) in [5.74, 6) is -1.58. The van der Waals surface area contributed by atoms with Crippen molar-refractivity contribution in [3.05, 3.63) is 108 Å². The first-order chi connectivity index (χ1) is 29.7. The average molecular weight is 863 g/mol. The zero-order valence-corrected chi connectivity index (χ0v) is 38.4. The van der Waals surface area contributed by atoms with Crippen LogP contribution >= 0.6 is 0 Å². The van der Waals surface area contributed by atoms with Crippen molar-refractivity contribution >= 4 is 40.7 Å². The third-order valence-electron chi connectivity index (χ3n) is 10.8. The van der Waals surface area contributed by atoms with E-state index < -0.39 is 47.3 Å². The minimum absolute atomic E-state index is 0.00907. The molecular weight excluding hydrogens is 797 g/mol. The predicted molar refractivity (Wildman–Crippen MR) is 246 cm³/mol. The van der Waals surface area contributed by atoms with Crippen LogP contribution in [0.15, 0.2) is 91.0 Å². The number of amides is 4. The second-order valence-electron chi connectivity index (χ2n) is 19.4. The molecule has 12 heteroatoms. The highest BCUT2D eigenvalue weighted by atomic mass is 16.6. The van der Waals surface area contributed by atoms with E-state index in [2.05, 4.69) is 45.5 Å². The van der Waals surface area contributed by atoms with Crippen molar-refractivity contribution in [2.45, 2.75) is 136 Å². The van der Waals surface area contributed by atoms with Gasteiger partial charge in [-0.05, 0) is 111 Å². The van der Waals surface area contributed by atoms with Crippen molar-refractivity contribution in [2.75, 3.05) is 13.2 Å². The molecule has 1 aliphatic rings. The zero-order chi connectivity index (χ0) is 46.0. The standard InChI is InChI=1S/C51H66N4O8/c1-49(2,3)43(55-47(59)53-41(46(58)63-51(7,8)9)27-28-44(56)62-50(4,5)6)24-16-17-29-52-45(57)42(31-33-25-26-34-18-10-11-19-35(34)30-33)54-48(60)61-32-40-38-22-14-12-20-36(38)37-21-13-15-23-39(37)40/h10-15,18-23,25-26,30,40-43H,16-17,24,27-29,31-32H2,1-9H3,(H,52,57)(H,54,60)(H2,53,55,59)/t41-,42-,43-/m0/s1. The van der Waals surface area contributed by atoms with Crippen molar-refractivity contribution < 1.29 is 38.2 Å². The average Bonchev–Trinajstić information content (AvgIpc) is 3.52. The molecule has 0 saturated carbocycles. The summed E-state index contributed by atoms with van der Waals surface area (Å²) in [6, 6.07) is 27.4. The molecule has 0 saturated heterocycles.